The summed E-state index contributed by atoms with van der Waals surface area (Å²) in [5.74, 6) is 1.66. The van der Waals surface area contributed by atoms with Gasteiger partial charge in [-0.15, -0.1) is 0 Å². The average molecular weight is 254 g/mol. The standard InChI is InChI=1S/C14H22O4/c1-10(9-16-2)7-13(15)12-8-11(17-3)5-6-14(12)18-4/h5-6,8,10,13,15H,7,9H2,1-4H3. The second-order valence-corrected chi connectivity index (χ2v) is 4.42. The molecule has 102 valence electrons. The number of benzene rings is 1. The minimum absolute atomic E-state index is 0.279. The molecule has 2 unspecified atom stereocenters. The highest BCUT2D eigenvalue weighted by molar-refractivity contribution is 5.41. The Hall–Kier alpha value is -1.26. The molecular weight excluding hydrogens is 232 g/mol. The van der Waals surface area contributed by atoms with E-state index >= 15 is 0 Å². The van der Waals surface area contributed by atoms with Crippen LogP contribution in [0.1, 0.15) is 25.0 Å². The molecule has 4 heteroatoms. The molecule has 0 heterocycles. The summed E-state index contributed by atoms with van der Waals surface area (Å²) >= 11 is 0. The highest BCUT2D eigenvalue weighted by atomic mass is 16.5. The fourth-order valence-electron chi connectivity index (χ4n) is 1.96. The molecule has 0 aliphatic heterocycles. The monoisotopic (exact) mass is 254 g/mol. The predicted molar refractivity (Wildman–Crippen MR) is 70.2 cm³/mol. The van der Waals surface area contributed by atoms with Crippen molar-refractivity contribution in [3.63, 3.8) is 0 Å². The topological polar surface area (TPSA) is 47.9 Å². The van der Waals surface area contributed by atoms with Crippen LogP contribution in [0.5, 0.6) is 11.5 Å². The second kappa shape index (κ2) is 7.24. The Morgan fingerprint density at radius 1 is 1.17 bits per heavy atom. The molecule has 0 fully saturated rings. The van der Waals surface area contributed by atoms with E-state index < -0.39 is 6.10 Å². The van der Waals surface area contributed by atoms with Gasteiger partial charge in [0.05, 0.1) is 20.3 Å². The molecule has 0 aromatic heterocycles. The molecule has 4 nitrogen and oxygen atoms in total. The highest BCUT2D eigenvalue weighted by Crippen LogP contribution is 2.32. The number of aliphatic hydroxyl groups excluding tert-OH is 1. The van der Waals surface area contributed by atoms with Gasteiger partial charge in [0, 0.05) is 19.3 Å². The van der Waals surface area contributed by atoms with Gasteiger partial charge in [-0.1, -0.05) is 6.92 Å². The Balaban J connectivity index is 2.85. The molecule has 1 N–H and O–H groups in total. The van der Waals surface area contributed by atoms with Crippen LogP contribution in [0.15, 0.2) is 18.2 Å². The maximum Gasteiger partial charge on any atom is 0.124 e. The first kappa shape index (κ1) is 14.8. The van der Waals surface area contributed by atoms with E-state index in [2.05, 4.69) is 0 Å². The van der Waals surface area contributed by atoms with E-state index in [4.69, 9.17) is 14.2 Å². The second-order valence-electron chi connectivity index (χ2n) is 4.42. The molecule has 0 saturated heterocycles. The number of hydrogen-bond acceptors (Lipinski definition) is 4. The van der Waals surface area contributed by atoms with Crippen molar-refractivity contribution in [1.29, 1.82) is 0 Å². The van der Waals surface area contributed by atoms with Gasteiger partial charge < -0.3 is 19.3 Å². The van der Waals surface area contributed by atoms with Crippen LogP contribution in [0.25, 0.3) is 0 Å². The molecule has 0 bridgehead atoms. The first-order chi connectivity index (χ1) is 8.62. The van der Waals surface area contributed by atoms with Crippen LogP contribution in [0.2, 0.25) is 0 Å². The smallest absolute Gasteiger partial charge is 0.124 e. The molecule has 0 radical (unpaired) electrons. The Bertz CT molecular complexity index is 365. The van der Waals surface area contributed by atoms with E-state index in [9.17, 15) is 5.11 Å². The van der Waals surface area contributed by atoms with E-state index in [-0.39, 0.29) is 5.92 Å². The van der Waals surface area contributed by atoms with Crippen LogP contribution < -0.4 is 9.47 Å². The van der Waals surface area contributed by atoms with Gasteiger partial charge in [0.2, 0.25) is 0 Å². The Morgan fingerprint density at radius 2 is 1.89 bits per heavy atom. The lowest BCUT2D eigenvalue weighted by atomic mass is 9.98. The van der Waals surface area contributed by atoms with Crippen molar-refractivity contribution in [2.75, 3.05) is 27.9 Å². The van der Waals surface area contributed by atoms with E-state index in [0.29, 0.717) is 24.5 Å². The zero-order chi connectivity index (χ0) is 13.5. The maximum atomic E-state index is 10.3. The van der Waals surface area contributed by atoms with E-state index in [1.165, 1.54) is 0 Å². The van der Waals surface area contributed by atoms with Crippen LogP contribution >= 0.6 is 0 Å². The fourth-order valence-corrected chi connectivity index (χ4v) is 1.96. The van der Waals surface area contributed by atoms with Crippen molar-refractivity contribution in [3.05, 3.63) is 23.8 Å². The van der Waals surface area contributed by atoms with Gasteiger partial charge in [-0.25, -0.2) is 0 Å². The zero-order valence-corrected chi connectivity index (χ0v) is 11.5. The lowest BCUT2D eigenvalue weighted by Gasteiger charge is -2.19. The number of hydrogen-bond donors (Lipinski definition) is 1. The molecule has 1 aromatic rings. The maximum absolute atomic E-state index is 10.3. The van der Waals surface area contributed by atoms with Gasteiger partial charge in [-0.3, -0.25) is 0 Å². The predicted octanol–water partition coefficient (Wildman–Crippen LogP) is 2.41. The van der Waals surface area contributed by atoms with Gasteiger partial charge in [0.25, 0.3) is 0 Å². The number of aliphatic hydroxyl groups is 1. The molecule has 2 atom stereocenters. The van der Waals surface area contributed by atoms with Crippen molar-refractivity contribution in [2.24, 2.45) is 5.92 Å². The summed E-state index contributed by atoms with van der Waals surface area (Å²) in [7, 11) is 4.86. The van der Waals surface area contributed by atoms with Gasteiger partial charge in [0.15, 0.2) is 0 Å². The molecule has 0 spiro atoms. The third kappa shape index (κ3) is 3.89. The molecule has 0 aliphatic carbocycles. The highest BCUT2D eigenvalue weighted by Gasteiger charge is 2.17. The molecule has 0 aliphatic rings. The molecule has 18 heavy (non-hydrogen) atoms. The van der Waals surface area contributed by atoms with Crippen LogP contribution in [-0.2, 0) is 4.74 Å². The van der Waals surface area contributed by atoms with Crippen LogP contribution in [0.3, 0.4) is 0 Å². The van der Waals surface area contributed by atoms with Gasteiger partial charge in [0.1, 0.15) is 11.5 Å². The van der Waals surface area contributed by atoms with Gasteiger partial charge >= 0.3 is 0 Å². The molecule has 1 aromatic carbocycles. The van der Waals surface area contributed by atoms with Crippen LogP contribution in [-0.4, -0.2) is 33.0 Å². The number of ether oxygens (including phenoxy) is 3. The van der Waals surface area contributed by atoms with Crippen molar-refractivity contribution < 1.29 is 19.3 Å². The van der Waals surface area contributed by atoms with Crippen LogP contribution in [0.4, 0.5) is 0 Å². The van der Waals surface area contributed by atoms with Crippen molar-refractivity contribution in [3.8, 4) is 11.5 Å². The quantitative estimate of drug-likeness (QED) is 0.811. The molecule has 0 saturated carbocycles. The third-order valence-corrected chi connectivity index (χ3v) is 2.87. The largest absolute Gasteiger partial charge is 0.497 e. The van der Waals surface area contributed by atoms with Crippen molar-refractivity contribution in [1.82, 2.24) is 0 Å². The number of rotatable bonds is 7. The fraction of sp³-hybridized carbons (Fsp3) is 0.571. The summed E-state index contributed by atoms with van der Waals surface area (Å²) < 4.78 is 15.5. The molecule has 0 amide bonds. The summed E-state index contributed by atoms with van der Waals surface area (Å²) in [6.07, 6.45) is 0.0392. The van der Waals surface area contributed by atoms with E-state index in [0.717, 1.165) is 5.56 Å². The Kier molecular flexibility index (Phi) is 5.95. The summed E-state index contributed by atoms with van der Waals surface area (Å²) in [6, 6.07) is 5.43. The SMILES string of the molecule is COCC(C)CC(O)c1cc(OC)ccc1OC. The molecular formula is C14H22O4. The lowest BCUT2D eigenvalue weighted by molar-refractivity contribution is 0.100. The lowest BCUT2D eigenvalue weighted by Crippen LogP contribution is -2.10. The van der Waals surface area contributed by atoms with Crippen LogP contribution in [0, 0.1) is 5.92 Å². The number of methoxy groups -OCH3 is 3. The van der Waals surface area contributed by atoms with E-state index in [1.807, 2.05) is 19.1 Å². The van der Waals surface area contributed by atoms with E-state index in [1.54, 1.807) is 27.4 Å². The summed E-state index contributed by atoms with van der Waals surface area (Å²) in [5, 5.41) is 10.3. The Morgan fingerprint density at radius 3 is 2.44 bits per heavy atom. The zero-order valence-electron chi connectivity index (χ0n) is 11.5. The summed E-state index contributed by atoms with van der Waals surface area (Å²) in [5.41, 5.74) is 0.750. The third-order valence-electron chi connectivity index (χ3n) is 2.87. The Labute approximate surface area is 108 Å². The van der Waals surface area contributed by atoms with Crippen molar-refractivity contribution >= 4 is 0 Å². The minimum atomic E-state index is -0.583. The molecule has 1 rings (SSSR count). The normalized spacial score (nSPS) is 14.1. The summed E-state index contributed by atoms with van der Waals surface area (Å²) in [6.45, 7) is 2.67. The van der Waals surface area contributed by atoms with Gasteiger partial charge in [-0.05, 0) is 30.5 Å². The average Bonchev–Trinajstić information content (AvgIpc) is 2.38. The first-order valence-corrected chi connectivity index (χ1v) is 6.01. The minimum Gasteiger partial charge on any atom is -0.497 e. The van der Waals surface area contributed by atoms with Gasteiger partial charge in [-0.2, -0.15) is 0 Å². The first-order valence-electron chi connectivity index (χ1n) is 6.01. The summed E-state index contributed by atoms with van der Waals surface area (Å²) in [4.78, 5) is 0. The van der Waals surface area contributed by atoms with Crippen molar-refractivity contribution in [2.45, 2.75) is 19.4 Å².